The van der Waals surface area contributed by atoms with E-state index < -0.39 is 17.8 Å². The van der Waals surface area contributed by atoms with Crippen LogP contribution in [0.3, 0.4) is 0 Å². The second-order valence-corrected chi connectivity index (χ2v) is 9.90. The summed E-state index contributed by atoms with van der Waals surface area (Å²) in [5.74, 6) is -0.591. The molecule has 1 N–H and O–H groups in total. The van der Waals surface area contributed by atoms with Crippen molar-refractivity contribution in [2.24, 2.45) is 0 Å². The number of nitrogens with one attached hydrogen (secondary N) is 1. The second kappa shape index (κ2) is 13.9. The van der Waals surface area contributed by atoms with Gasteiger partial charge in [0.15, 0.2) is 6.61 Å². The summed E-state index contributed by atoms with van der Waals surface area (Å²) in [5, 5.41) is 3.01. The molecule has 3 rings (SSSR count). The SMILES string of the molecule is CCc1ccc(OCC(=O)N(Cc2ccccc2F)[C@@H](Cc2ccccc2)C(=O)N[C@H](C)CC)c(Br)c1. The van der Waals surface area contributed by atoms with Gasteiger partial charge in [-0.1, -0.05) is 68.4 Å². The summed E-state index contributed by atoms with van der Waals surface area (Å²) in [4.78, 5) is 28.6. The molecule has 0 unspecified atom stereocenters. The van der Waals surface area contributed by atoms with Crippen LogP contribution >= 0.6 is 15.9 Å². The van der Waals surface area contributed by atoms with Crippen molar-refractivity contribution in [3.8, 4) is 5.75 Å². The van der Waals surface area contributed by atoms with Crippen molar-refractivity contribution >= 4 is 27.7 Å². The molecule has 7 heteroatoms. The van der Waals surface area contributed by atoms with Gasteiger partial charge < -0.3 is 15.0 Å². The molecule has 0 aromatic heterocycles. The van der Waals surface area contributed by atoms with Gasteiger partial charge in [0.2, 0.25) is 5.91 Å². The molecule has 0 bridgehead atoms. The van der Waals surface area contributed by atoms with E-state index in [1.807, 2.05) is 62.4 Å². The van der Waals surface area contributed by atoms with E-state index in [9.17, 15) is 14.0 Å². The third kappa shape index (κ3) is 8.15. The van der Waals surface area contributed by atoms with E-state index in [1.54, 1.807) is 18.2 Å². The van der Waals surface area contributed by atoms with Gasteiger partial charge in [0.25, 0.3) is 5.91 Å². The van der Waals surface area contributed by atoms with E-state index in [-0.39, 0.29) is 31.5 Å². The zero-order chi connectivity index (χ0) is 26.8. The Balaban J connectivity index is 1.93. The first-order chi connectivity index (χ1) is 17.8. The number of rotatable bonds is 12. The highest BCUT2D eigenvalue weighted by molar-refractivity contribution is 9.10. The molecule has 0 saturated heterocycles. The zero-order valence-electron chi connectivity index (χ0n) is 21.5. The summed E-state index contributed by atoms with van der Waals surface area (Å²) in [6.45, 7) is 5.61. The van der Waals surface area contributed by atoms with E-state index in [0.29, 0.717) is 11.3 Å². The lowest BCUT2D eigenvalue weighted by atomic mass is 10.0. The Labute approximate surface area is 227 Å². The number of hydrogen-bond donors (Lipinski definition) is 1. The van der Waals surface area contributed by atoms with Crippen LogP contribution in [0.4, 0.5) is 4.39 Å². The topological polar surface area (TPSA) is 58.6 Å². The predicted octanol–water partition coefficient (Wildman–Crippen LogP) is 6.08. The molecule has 0 fully saturated rings. The van der Waals surface area contributed by atoms with Gasteiger partial charge >= 0.3 is 0 Å². The Morgan fingerprint density at radius 2 is 1.70 bits per heavy atom. The standard InChI is InChI=1S/C30H34BrFN2O3/c1-4-21(3)33-30(36)27(18-23-11-7-6-8-12-23)34(19-24-13-9-10-14-26(24)32)29(35)20-37-28-16-15-22(5-2)17-25(28)31/h6-17,21,27H,4-5,18-20H2,1-3H3,(H,33,36)/t21-,27+/m1/s1. The van der Waals surface area contributed by atoms with Gasteiger partial charge in [-0.2, -0.15) is 0 Å². The maximum atomic E-state index is 14.7. The normalized spacial score (nSPS) is 12.5. The molecule has 0 aliphatic heterocycles. The van der Waals surface area contributed by atoms with Crippen LogP contribution in [-0.4, -0.2) is 35.4 Å². The Bertz CT molecular complexity index is 1190. The minimum atomic E-state index is -0.849. The number of ether oxygens (including phenoxy) is 1. The quantitative estimate of drug-likeness (QED) is 0.288. The lowest BCUT2D eigenvalue weighted by Gasteiger charge is -2.32. The Morgan fingerprint density at radius 3 is 2.35 bits per heavy atom. The first-order valence-corrected chi connectivity index (χ1v) is 13.4. The summed E-state index contributed by atoms with van der Waals surface area (Å²) in [5.41, 5.74) is 2.37. The second-order valence-electron chi connectivity index (χ2n) is 9.04. The van der Waals surface area contributed by atoms with Gasteiger partial charge in [-0.05, 0) is 65.0 Å². The monoisotopic (exact) mass is 568 g/mol. The minimum absolute atomic E-state index is 0.0593. The fraction of sp³-hybridized carbons (Fsp3) is 0.333. The average molecular weight is 570 g/mol. The van der Waals surface area contributed by atoms with Gasteiger partial charge in [-0.25, -0.2) is 4.39 Å². The first kappa shape index (κ1) is 28.4. The Hall–Kier alpha value is -3.19. The number of nitrogens with zero attached hydrogens (tertiary/aromatic N) is 1. The fourth-order valence-electron chi connectivity index (χ4n) is 3.91. The molecule has 0 aliphatic rings. The first-order valence-electron chi connectivity index (χ1n) is 12.6. The molecule has 196 valence electrons. The van der Waals surface area contributed by atoms with Crippen LogP contribution < -0.4 is 10.1 Å². The van der Waals surface area contributed by atoms with Crippen molar-refractivity contribution in [3.63, 3.8) is 0 Å². The molecule has 0 aliphatic carbocycles. The van der Waals surface area contributed by atoms with Gasteiger partial charge in [-0.15, -0.1) is 0 Å². The van der Waals surface area contributed by atoms with Crippen molar-refractivity contribution in [3.05, 3.63) is 99.8 Å². The Morgan fingerprint density at radius 1 is 1.00 bits per heavy atom. The lowest BCUT2D eigenvalue weighted by Crippen LogP contribution is -2.53. The largest absolute Gasteiger partial charge is 0.483 e. The van der Waals surface area contributed by atoms with E-state index in [4.69, 9.17) is 4.74 Å². The highest BCUT2D eigenvalue weighted by Gasteiger charge is 2.31. The summed E-state index contributed by atoms with van der Waals surface area (Å²) in [7, 11) is 0. The van der Waals surface area contributed by atoms with Gasteiger partial charge in [0.05, 0.1) is 4.47 Å². The van der Waals surface area contributed by atoms with Crippen LogP contribution in [0, 0.1) is 5.82 Å². The number of halogens is 2. The summed E-state index contributed by atoms with van der Waals surface area (Å²) in [6.07, 6.45) is 1.91. The summed E-state index contributed by atoms with van der Waals surface area (Å²) >= 11 is 3.51. The van der Waals surface area contributed by atoms with E-state index >= 15 is 0 Å². The van der Waals surface area contributed by atoms with Crippen LogP contribution in [-0.2, 0) is 29.0 Å². The molecular weight excluding hydrogens is 535 g/mol. The summed E-state index contributed by atoms with van der Waals surface area (Å²) in [6, 6.07) is 20.6. The number of benzene rings is 3. The highest BCUT2D eigenvalue weighted by atomic mass is 79.9. The molecular formula is C30H34BrFN2O3. The molecule has 37 heavy (non-hydrogen) atoms. The number of aryl methyl sites for hydroxylation is 1. The number of carbonyl (C=O) groups is 2. The summed E-state index contributed by atoms with van der Waals surface area (Å²) < 4.78 is 21.3. The maximum Gasteiger partial charge on any atom is 0.261 e. The molecule has 0 saturated carbocycles. The van der Waals surface area contributed by atoms with Crippen molar-refractivity contribution in [1.29, 1.82) is 0 Å². The molecule has 3 aromatic rings. The third-order valence-electron chi connectivity index (χ3n) is 6.33. The molecule has 5 nitrogen and oxygen atoms in total. The van der Waals surface area contributed by atoms with Crippen molar-refractivity contribution in [1.82, 2.24) is 10.2 Å². The fourth-order valence-corrected chi connectivity index (χ4v) is 4.45. The Kier molecular flexibility index (Phi) is 10.7. The minimum Gasteiger partial charge on any atom is -0.483 e. The van der Waals surface area contributed by atoms with E-state index in [0.717, 1.165) is 28.4 Å². The smallest absolute Gasteiger partial charge is 0.261 e. The molecule has 3 aromatic carbocycles. The van der Waals surface area contributed by atoms with Crippen LogP contribution in [0.15, 0.2) is 77.3 Å². The van der Waals surface area contributed by atoms with E-state index in [1.165, 1.54) is 11.0 Å². The van der Waals surface area contributed by atoms with Crippen LogP contribution in [0.25, 0.3) is 0 Å². The molecule has 0 radical (unpaired) electrons. The highest BCUT2D eigenvalue weighted by Crippen LogP contribution is 2.26. The maximum absolute atomic E-state index is 14.7. The zero-order valence-corrected chi connectivity index (χ0v) is 23.1. The van der Waals surface area contributed by atoms with Crippen molar-refractivity contribution < 1.29 is 18.7 Å². The number of hydrogen-bond acceptors (Lipinski definition) is 3. The van der Waals surface area contributed by atoms with Gasteiger partial charge in [0.1, 0.15) is 17.6 Å². The average Bonchev–Trinajstić information content (AvgIpc) is 2.91. The molecule has 2 amide bonds. The molecule has 0 heterocycles. The number of carbonyl (C=O) groups excluding carboxylic acids is 2. The van der Waals surface area contributed by atoms with Crippen LogP contribution in [0.5, 0.6) is 5.75 Å². The van der Waals surface area contributed by atoms with Gasteiger partial charge in [0, 0.05) is 24.6 Å². The predicted molar refractivity (Wildman–Crippen MR) is 148 cm³/mol. The third-order valence-corrected chi connectivity index (χ3v) is 6.95. The molecule has 2 atom stereocenters. The number of amides is 2. The van der Waals surface area contributed by atoms with Crippen molar-refractivity contribution in [2.45, 2.75) is 58.7 Å². The lowest BCUT2D eigenvalue weighted by molar-refractivity contribution is -0.143. The van der Waals surface area contributed by atoms with Crippen molar-refractivity contribution in [2.75, 3.05) is 6.61 Å². The van der Waals surface area contributed by atoms with E-state index in [2.05, 4.69) is 28.2 Å². The van der Waals surface area contributed by atoms with Gasteiger partial charge in [-0.3, -0.25) is 9.59 Å². The molecule has 0 spiro atoms. The van der Waals surface area contributed by atoms with Crippen LogP contribution in [0.1, 0.15) is 43.9 Å². The van der Waals surface area contributed by atoms with Crippen LogP contribution in [0.2, 0.25) is 0 Å².